The lowest BCUT2D eigenvalue weighted by molar-refractivity contribution is -0.131. The third kappa shape index (κ3) is 4.03. The van der Waals surface area contributed by atoms with Gasteiger partial charge >= 0.3 is 5.97 Å². The van der Waals surface area contributed by atoms with Gasteiger partial charge in [-0.2, -0.15) is 0 Å². The minimum Gasteiger partial charge on any atom is -0.508 e. The quantitative estimate of drug-likeness (QED) is 0.550. The minimum absolute atomic E-state index is 0.0435. The second-order valence-corrected chi connectivity index (χ2v) is 6.54. The molecule has 0 saturated carbocycles. The van der Waals surface area contributed by atoms with Crippen LogP contribution in [0.2, 0.25) is 0 Å². The van der Waals surface area contributed by atoms with Gasteiger partial charge in [-0.05, 0) is 67.3 Å². The monoisotopic (exact) mass is 364 g/mol. The van der Waals surface area contributed by atoms with Gasteiger partial charge in [0.2, 0.25) is 0 Å². The summed E-state index contributed by atoms with van der Waals surface area (Å²) in [5.74, 6) is -0.629. The van der Waals surface area contributed by atoms with E-state index in [0.29, 0.717) is 17.5 Å². The topological polar surface area (TPSA) is 87.0 Å². The Hall–Kier alpha value is -3.47. The minimum atomic E-state index is -0.659. The van der Waals surface area contributed by atoms with E-state index in [2.05, 4.69) is 0 Å². The number of aliphatic hydroxyl groups is 1. The summed E-state index contributed by atoms with van der Waals surface area (Å²) in [7, 11) is 0. The summed E-state index contributed by atoms with van der Waals surface area (Å²) >= 11 is 0. The van der Waals surface area contributed by atoms with E-state index >= 15 is 0 Å². The van der Waals surface area contributed by atoms with E-state index in [1.165, 1.54) is 24.3 Å². The van der Waals surface area contributed by atoms with E-state index in [9.17, 15) is 20.1 Å². The maximum absolute atomic E-state index is 12.2. The number of ether oxygens (including phenoxy) is 1. The van der Waals surface area contributed by atoms with Crippen molar-refractivity contribution in [2.24, 2.45) is 0 Å². The maximum atomic E-state index is 12.2. The summed E-state index contributed by atoms with van der Waals surface area (Å²) < 4.78 is 5.20. The summed E-state index contributed by atoms with van der Waals surface area (Å²) in [6, 6.07) is 10.9. The molecule has 1 aliphatic heterocycles. The van der Waals surface area contributed by atoms with Gasteiger partial charge in [0.15, 0.2) is 11.5 Å². The van der Waals surface area contributed by atoms with Crippen molar-refractivity contribution in [3.05, 3.63) is 82.3 Å². The summed E-state index contributed by atoms with van der Waals surface area (Å²) in [4.78, 5) is 12.2. The van der Waals surface area contributed by atoms with Crippen LogP contribution in [-0.4, -0.2) is 21.3 Å². The molecule has 0 aliphatic carbocycles. The van der Waals surface area contributed by atoms with Gasteiger partial charge in [-0.15, -0.1) is 0 Å². The van der Waals surface area contributed by atoms with Crippen LogP contribution >= 0.6 is 0 Å². The molecule has 0 spiro atoms. The first-order chi connectivity index (χ1) is 12.8. The largest absolute Gasteiger partial charge is 0.508 e. The molecular formula is C22H20O5. The molecule has 27 heavy (non-hydrogen) atoms. The third-order valence-electron chi connectivity index (χ3n) is 4.16. The normalized spacial score (nSPS) is 15.2. The van der Waals surface area contributed by atoms with Crippen molar-refractivity contribution in [1.82, 2.24) is 0 Å². The molecule has 1 aliphatic rings. The average molecular weight is 364 g/mol. The zero-order valence-electron chi connectivity index (χ0n) is 15.1. The van der Waals surface area contributed by atoms with Gasteiger partial charge in [0.25, 0.3) is 0 Å². The lowest BCUT2D eigenvalue weighted by Gasteiger charge is -2.05. The Bertz CT molecular complexity index is 974. The van der Waals surface area contributed by atoms with Crippen molar-refractivity contribution in [2.45, 2.75) is 20.3 Å². The van der Waals surface area contributed by atoms with Gasteiger partial charge < -0.3 is 20.1 Å². The van der Waals surface area contributed by atoms with Crippen molar-refractivity contribution < 1.29 is 24.9 Å². The number of benzene rings is 2. The first kappa shape index (κ1) is 18.3. The van der Waals surface area contributed by atoms with Crippen LogP contribution in [0.3, 0.4) is 0 Å². The number of cyclic esters (lactones) is 1. The van der Waals surface area contributed by atoms with E-state index in [1.807, 2.05) is 19.9 Å². The summed E-state index contributed by atoms with van der Waals surface area (Å²) in [6.45, 7) is 3.96. The Balaban J connectivity index is 1.96. The second-order valence-electron chi connectivity index (χ2n) is 6.54. The van der Waals surface area contributed by atoms with Crippen molar-refractivity contribution in [2.75, 3.05) is 0 Å². The number of carbonyl (C=O) groups is 1. The number of phenolic OH excluding ortho intramolecular Hbond substituents is 2. The molecule has 2 aromatic carbocycles. The first-order valence-corrected chi connectivity index (χ1v) is 8.47. The van der Waals surface area contributed by atoms with Crippen LogP contribution in [0.1, 0.15) is 30.5 Å². The highest BCUT2D eigenvalue weighted by atomic mass is 16.6. The van der Waals surface area contributed by atoms with Gasteiger partial charge in [-0.25, -0.2) is 4.79 Å². The van der Waals surface area contributed by atoms with Crippen molar-refractivity contribution in [1.29, 1.82) is 0 Å². The van der Waals surface area contributed by atoms with E-state index < -0.39 is 5.97 Å². The summed E-state index contributed by atoms with van der Waals surface area (Å²) in [5.41, 5.74) is 3.06. The highest BCUT2D eigenvalue weighted by molar-refractivity contribution is 6.20. The zero-order chi connectivity index (χ0) is 19.6. The number of phenols is 2. The number of carbonyl (C=O) groups excluding carboxylic acids is 1. The van der Waals surface area contributed by atoms with Gasteiger partial charge in [0.1, 0.15) is 17.1 Å². The lowest BCUT2D eigenvalue weighted by atomic mass is 10.0. The van der Waals surface area contributed by atoms with Crippen LogP contribution in [-0.2, 0) is 16.0 Å². The molecule has 0 amide bonds. The Morgan fingerprint density at radius 3 is 2.41 bits per heavy atom. The molecule has 0 fully saturated rings. The Kier molecular flexibility index (Phi) is 5.03. The van der Waals surface area contributed by atoms with Crippen LogP contribution < -0.4 is 0 Å². The van der Waals surface area contributed by atoms with Crippen molar-refractivity contribution in [3.8, 4) is 11.5 Å². The van der Waals surface area contributed by atoms with Crippen LogP contribution in [0.15, 0.2) is 65.6 Å². The van der Waals surface area contributed by atoms with Crippen molar-refractivity contribution in [3.63, 3.8) is 0 Å². The highest BCUT2D eigenvalue weighted by Gasteiger charge is 2.31. The number of aromatic hydroxyl groups is 2. The molecule has 5 nitrogen and oxygen atoms in total. The predicted octanol–water partition coefficient (Wildman–Crippen LogP) is 4.47. The maximum Gasteiger partial charge on any atom is 0.348 e. The van der Waals surface area contributed by atoms with Gasteiger partial charge in [-0.1, -0.05) is 29.8 Å². The number of allylic oxidation sites excluding steroid dienone is 2. The van der Waals surface area contributed by atoms with Crippen LogP contribution in [0.25, 0.3) is 11.6 Å². The Labute approximate surface area is 157 Å². The molecule has 1 heterocycles. The van der Waals surface area contributed by atoms with Gasteiger partial charge in [0, 0.05) is 0 Å². The molecular weight excluding hydrogens is 344 g/mol. The number of aliphatic hydroxyl groups excluding tert-OH is 1. The molecule has 0 bridgehead atoms. The molecule has 0 atom stereocenters. The van der Waals surface area contributed by atoms with E-state index in [0.717, 1.165) is 11.1 Å². The SMILES string of the molecule is CC(C)=CCc1cc(/C=C2\OC(=O)C(c3ccc(O)cc3)=C2O)ccc1O. The molecule has 5 heteroatoms. The fraction of sp³-hybridized carbons (Fsp3) is 0.136. The predicted molar refractivity (Wildman–Crippen MR) is 103 cm³/mol. The highest BCUT2D eigenvalue weighted by Crippen LogP contribution is 2.33. The average Bonchev–Trinajstić information content (AvgIpc) is 2.90. The van der Waals surface area contributed by atoms with Gasteiger partial charge in [-0.3, -0.25) is 0 Å². The number of esters is 1. The fourth-order valence-electron chi connectivity index (χ4n) is 2.72. The fourth-order valence-corrected chi connectivity index (χ4v) is 2.72. The molecule has 3 N–H and O–H groups in total. The molecule has 0 saturated heterocycles. The van der Waals surface area contributed by atoms with E-state index in [4.69, 9.17) is 4.74 Å². The third-order valence-corrected chi connectivity index (χ3v) is 4.16. The number of rotatable bonds is 4. The smallest absolute Gasteiger partial charge is 0.348 e. The van der Waals surface area contributed by atoms with E-state index in [-0.39, 0.29) is 28.6 Å². The standard InChI is InChI=1S/C22H20O5/c1-13(2)3-5-16-11-14(4-10-18(16)24)12-19-21(25)20(22(26)27-19)15-6-8-17(23)9-7-15/h3-4,6-12,23-25H,5H2,1-2H3/b19-12-. The van der Waals surface area contributed by atoms with Gasteiger partial charge in [0.05, 0.1) is 0 Å². The molecule has 0 unspecified atom stereocenters. The molecule has 138 valence electrons. The van der Waals surface area contributed by atoms with Crippen molar-refractivity contribution >= 4 is 17.6 Å². The summed E-state index contributed by atoms with van der Waals surface area (Å²) in [6.07, 6.45) is 4.12. The molecule has 0 aromatic heterocycles. The lowest BCUT2D eigenvalue weighted by Crippen LogP contribution is -1.98. The summed E-state index contributed by atoms with van der Waals surface area (Å²) in [5, 5.41) is 29.8. The second kappa shape index (κ2) is 7.41. The van der Waals surface area contributed by atoms with Crippen LogP contribution in [0.4, 0.5) is 0 Å². The number of hydrogen-bond donors (Lipinski definition) is 3. The Morgan fingerprint density at radius 2 is 1.74 bits per heavy atom. The number of hydrogen-bond acceptors (Lipinski definition) is 5. The van der Waals surface area contributed by atoms with Crippen LogP contribution in [0, 0.1) is 0 Å². The van der Waals surface area contributed by atoms with Crippen LogP contribution in [0.5, 0.6) is 11.5 Å². The van der Waals surface area contributed by atoms with E-state index in [1.54, 1.807) is 24.3 Å². The molecule has 2 aromatic rings. The molecule has 3 rings (SSSR count). The first-order valence-electron chi connectivity index (χ1n) is 8.47. The molecule has 0 radical (unpaired) electrons. The Morgan fingerprint density at radius 1 is 1.04 bits per heavy atom. The zero-order valence-corrected chi connectivity index (χ0v) is 15.1.